The Morgan fingerprint density at radius 1 is 1.24 bits per heavy atom. The molecule has 2 N–H and O–H groups in total. The van der Waals surface area contributed by atoms with Crippen LogP contribution in [0.15, 0.2) is 12.3 Å². The van der Waals surface area contributed by atoms with Crippen LogP contribution in [0.4, 0.5) is 0 Å². The highest BCUT2D eigenvalue weighted by atomic mass is 15.3. The standard InChI is InChI=1S/C17H32N4/c1-4-16(5-2)21-12-11-15(19-21)13-20(6-3)17-9-7-14(18)8-10-17/h11-12,14,16-17H,4-10,13,18H2,1-3H3. The summed E-state index contributed by atoms with van der Waals surface area (Å²) < 4.78 is 2.15. The molecule has 0 radical (unpaired) electrons. The molecular formula is C17H32N4. The van der Waals surface area contributed by atoms with Crippen molar-refractivity contribution in [1.29, 1.82) is 0 Å². The molecule has 2 rings (SSSR count). The van der Waals surface area contributed by atoms with E-state index in [0.29, 0.717) is 18.1 Å². The molecule has 21 heavy (non-hydrogen) atoms. The third-order valence-corrected chi connectivity index (χ3v) is 5.01. The molecule has 1 saturated carbocycles. The lowest BCUT2D eigenvalue weighted by Gasteiger charge is -2.35. The van der Waals surface area contributed by atoms with Gasteiger partial charge in [0.1, 0.15) is 0 Å². The highest BCUT2D eigenvalue weighted by molar-refractivity contribution is 5.00. The molecule has 1 aromatic rings. The van der Waals surface area contributed by atoms with Crippen molar-refractivity contribution in [3.05, 3.63) is 18.0 Å². The van der Waals surface area contributed by atoms with Crippen LogP contribution in [0.25, 0.3) is 0 Å². The quantitative estimate of drug-likeness (QED) is 0.838. The van der Waals surface area contributed by atoms with Crippen molar-refractivity contribution in [2.45, 2.75) is 84.0 Å². The summed E-state index contributed by atoms with van der Waals surface area (Å²) >= 11 is 0. The first-order chi connectivity index (χ1) is 10.2. The maximum Gasteiger partial charge on any atom is 0.0764 e. The molecule has 120 valence electrons. The Morgan fingerprint density at radius 2 is 1.90 bits per heavy atom. The Labute approximate surface area is 129 Å². The van der Waals surface area contributed by atoms with Crippen molar-refractivity contribution in [1.82, 2.24) is 14.7 Å². The molecule has 1 aliphatic carbocycles. The van der Waals surface area contributed by atoms with Crippen molar-refractivity contribution in [3.63, 3.8) is 0 Å². The SMILES string of the molecule is CCC(CC)n1ccc(CN(CC)C2CCC(N)CC2)n1. The van der Waals surface area contributed by atoms with Crippen molar-refractivity contribution >= 4 is 0 Å². The van der Waals surface area contributed by atoms with E-state index >= 15 is 0 Å². The molecule has 0 amide bonds. The van der Waals surface area contributed by atoms with Crippen LogP contribution in [0.1, 0.15) is 71.0 Å². The van der Waals surface area contributed by atoms with Gasteiger partial charge >= 0.3 is 0 Å². The van der Waals surface area contributed by atoms with Gasteiger partial charge in [0.25, 0.3) is 0 Å². The van der Waals surface area contributed by atoms with Gasteiger partial charge in [0, 0.05) is 24.8 Å². The molecule has 1 aliphatic rings. The van der Waals surface area contributed by atoms with E-state index in [1.54, 1.807) is 0 Å². The normalized spacial score (nSPS) is 23.1. The van der Waals surface area contributed by atoms with Crippen molar-refractivity contribution < 1.29 is 0 Å². The van der Waals surface area contributed by atoms with Gasteiger partial charge in [0.15, 0.2) is 0 Å². The largest absolute Gasteiger partial charge is 0.328 e. The van der Waals surface area contributed by atoms with Crippen LogP contribution in [-0.4, -0.2) is 33.3 Å². The Balaban J connectivity index is 1.95. The van der Waals surface area contributed by atoms with E-state index in [1.807, 2.05) is 0 Å². The smallest absolute Gasteiger partial charge is 0.0764 e. The fraction of sp³-hybridized carbons (Fsp3) is 0.824. The van der Waals surface area contributed by atoms with Gasteiger partial charge < -0.3 is 5.73 Å². The van der Waals surface area contributed by atoms with Crippen molar-refractivity contribution in [3.8, 4) is 0 Å². The van der Waals surface area contributed by atoms with Crippen LogP contribution in [0.5, 0.6) is 0 Å². The molecular weight excluding hydrogens is 260 g/mol. The van der Waals surface area contributed by atoms with E-state index in [1.165, 1.54) is 31.4 Å². The topological polar surface area (TPSA) is 47.1 Å². The lowest BCUT2D eigenvalue weighted by Crippen LogP contribution is -2.40. The second-order valence-corrected chi connectivity index (χ2v) is 6.39. The lowest BCUT2D eigenvalue weighted by molar-refractivity contribution is 0.147. The molecule has 0 bridgehead atoms. The molecule has 0 saturated heterocycles. The number of nitrogens with zero attached hydrogens (tertiary/aromatic N) is 3. The minimum Gasteiger partial charge on any atom is -0.328 e. The van der Waals surface area contributed by atoms with Crippen molar-refractivity contribution in [2.75, 3.05) is 6.54 Å². The van der Waals surface area contributed by atoms with Crippen molar-refractivity contribution in [2.24, 2.45) is 5.73 Å². The van der Waals surface area contributed by atoms with Crippen LogP contribution in [-0.2, 0) is 6.54 Å². The van der Waals surface area contributed by atoms with E-state index < -0.39 is 0 Å². The minimum atomic E-state index is 0.425. The van der Waals surface area contributed by atoms with Crippen LogP contribution >= 0.6 is 0 Å². The summed E-state index contributed by atoms with van der Waals surface area (Å²) in [5.74, 6) is 0. The predicted molar refractivity (Wildman–Crippen MR) is 88.2 cm³/mol. The first-order valence-electron chi connectivity index (χ1n) is 8.71. The summed E-state index contributed by atoms with van der Waals surface area (Å²) in [7, 11) is 0. The highest BCUT2D eigenvalue weighted by Crippen LogP contribution is 2.23. The molecule has 0 atom stereocenters. The van der Waals surface area contributed by atoms with Gasteiger partial charge in [-0.15, -0.1) is 0 Å². The van der Waals surface area contributed by atoms with Gasteiger partial charge in [0.05, 0.1) is 11.7 Å². The third-order valence-electron chi connectivity index (χ3n) is 5.01. The summed E-state index contributed by atoms with van der Waals surface area (Å²) in [5, 5.41) is 4.80. The number of rotatable bonds is 7. The van der Waals surface area contributed by atoms with Crippen LogP contribution in [0.2, 0.25) is 0 Å². The Morgan fingerprint density at radius 3 is 2.48 bits per heavy atom. The number of aromatic nitrogens is 2. The number of nitrogens with two attached hydrogens (primary N) is 1. The van der Waals surface area contributed by atoms with Crippen LogP contribution in [0, 0.1) is 0 Å². The zero-order valence-electron chi connectivity index (χ0n) is 14.0. The summed E-state index contributed by atoms with van der Waals surface area (Å²) in [5.41, 5.74) is 7.23. The molecule has 1 heterocycles. The van der Waals surface area contributed by atoms with E-state index in [4.69, 9.17) is 10.8 Å². The second kappa shape index (κ2) is 7.95. The van der Waals surface area contributed by atoms with E-state index in [2.05, 4.69) is 42.6 Å². The third kappa shape index (κ3) is 4.30. The molecule has 4 heteroatoms. The summed E-state index contributed by atoms with van der Waals surface area (Å²) in [6, 6.07) is 3.85. The van der Waals surface area contributed by atoms with Gasteiger partial charge in [-0.1, -0.05) is 20.8 Å². The van der Waals surface area contributed by atoms with Gasteiger partial charge in [0.2, 0.25) is 0 Å². The Hall–Kier alpha value is -0.870. The zero-order chi connectivity index (χ0) is 15.2. The molecule has 0 spiro atoms. The summed E-state index contributed by atoms with van der Waals surface area (Å²) in [6.45, 7) is 8.80. The predicted octanol–water partition coefficient (Wildman–Crippen LogP) is 3.34. The number of hydrogen-bond acceptors (Lipinski definition) is 3. The first-order valence-corrected chi connectivity index (χ1v) is 8.71. The van der Waals surface area contributed by atoms with E-state index in [-0.39, 0.29) is 0 Å². The Kier molecular flexibility index (Phi) is 6.24. The molecule has 1 fully saturated rings. The molecule has 0 unspecified atom stereocenters. The fourth-order valence-corrected chi connectivity index (χ4v) is 3.50. The van der Waals surface area contributed by atoms with Gasteiger partial charge in [-0.2, -0.15) is 5.10 Å². The molecule has 0 aliphatic heterocycles. The maximum atomic E-state index is 6.02. The zero-order valence-corrected chi connectivity index (χ0v) is 14.0. The maximum absolute atomic E-state index is 6.02. The van der Waals surface area contributed by atoms with Gasteiger partial charge in [-0.25, -0.2) is 0 Å². The van der Waals surface area contributed by atoms with Crippen LogP contribution in [0.3, 0.4) is 0 Å². The second-order valence-electron chi connectivity index (χ2n) is 6.39. The van der Waals surface area contributed by atoms with E-state index in [0.717, 1.165) is 25.9 Å². The molecule has 4 nitrogen and oxygen atoms in total. The molecule has 0 aromatic carbocycles. The summed E-state index contributed by atoms with van der Waals surface area (Å²) in [4.78, 5) is 2.57. The molecule has 1 aromatic heterocycles. The van der Waals surface area contributed by atoms with E-state index in [9.17, 15) is 0 Å². The number of hydrogen-bond donors (Lipinski definition) is 1. The minimum absolute atomic E-state index is 0.425. The fourth-order valence-electron chi connectivity index (χ4n) is 3.50. The monoisotopic (exact) mass is 292 g/mol. The average molecular weight is 292 g/mol. The summed E-state index contributed by atoms with van der Waals surface area (Å²) in [6.07, 6.45) is 9.26. The first kappa shape index (κ1) is 16.5. The lowest BCUT2D eigenvalue weighted by atomic mass is 9.90. The van der Waals surface area contributed by atoms with Gasteiger partial charge in [-0.05, 0) is 51.1 Å². The highest BCUT2D eigenvalue weighted by Gasteiger charge is 2.24. The van der Waals surface area contributed by atoms with Crippen LogP contribution < -0.4 is 5.73 Å². The Bertz CT molecular complexity index is 403. The van der Waals surface area contributed by atoms with Gasteiger partial charge in [-0.3, -0.25) is 9.58 Å². The average Bonchev–Trinajstić information content (AvgIpc) is 2.96.